The van der Waals surface area contributed by atoms with Crippen LogP contribution in [0.3, 0.4) is 0 Å². The second kappa shape index (κ2) is 4.30. The van der Waals surface area contributed by atoms with Gasteiger partial charge in [0.15, 0.2) is 0 Å². The van der Waals surface area contributed by atoms with E-state index in [9.17, 15) is 0 Å². The van der Waals surface area contributed by atoms with Crippen molar-refractivity contribution in [2.24, 2.45) is 0 Å². The highest BCUT2D eigenvalue weighted by Gasteiger charge is 2.24. The van der Waals surface area contributed by atoms with Crippen LogP contribution in [0.4, 0.5) is 0 Å². The Morgan fingerprint density at radius 2 is 2.12 bits per heavy atom. The van der Waals surface area contributed by atoms with Crippen LogP contribution in [-0.2, 0) is 4.74 Å². The first-order valence-corrected chi connectivity index (χ1v) is 5.85. The molecule has 0 aliphatic carbocycles. The highest BCUT2D eigenvalue weighted by molar-refractivity contribution is 5.57. The fourth-order valence-corrected chi connectivity index (χ4v) is 2.06. The molecule has 1 aromatic carbocycles. The summed E-state index contributed by atoms with van der Waals surface area (Å²) in [6.07, 6.45) is 2.02. The van der Waals surface area contributed by atoms with Crippen LogP contribution in [0.5, 0.6) is 0 Å². The van der Waals surface area contributed by atoms with E-state index in [1.165, 1.54) is 0 Å². The Hall–Kier alpha value is -1.68. The van der Waals surface area contributed by atoms with Crippen LogP contribution in [0.2, 0.25) is 0 Å². The van der Waals surface area contributed by atoms with Gasteiger partial charge in [-0.2, -0.15) is 0 Å². The number of benzene rings is 1. The van der Waals surface area contributed by atoms with Gasteiger partial charge in [0, 0.05) is 12.2 Å². The first-order chi connectivity index (χ1) is 8.34. The fourth-order valence-electron chi connectivity index (χ4n) is 2.06. The molecule has 2 heterocycles. The van der Waals surface area contributed by atoms with Crippen LogP contribution >= 0.6 is 0 Å². The van der Waals surface area contributed by atoms with Crippen molar-refractivity contribution >= 4 is 0 Å². The first-order valence-electron chi connectivity index (χ1n) is 5.85. The van der Waals surface area contributed by atoms with E-state index >= 15 is 0 Å². The summed E-state index contributed by atoms with van der Waals surface area (Å²) in [5, 5.41) is 8.17. The molecule has 0 amide bonds. The van der Waals surface area contributed by atoms with Crippen molar-refractivity contribution in [3.63, 3.8) is 0 Å². The summed E-state index contributed by atoms with van der Waals surface area (Å²) in [5.74, 6) is 1.18. The Morgan fingerprint density at radius 3 is 2.88 bits per heavy atom. The second-order valence-corrected chi connectivity index (χ2v) is 4.26. The van der Waals surface area contributed by atoms with E-state index in [-0.39, 0.29) is 6.10 Å². The number of hydrogen-bond acceptors (Lipinski definition) is 4. The number of hydrogen-bond donors (Lipinski definition) is 0. The van der Waals surface area contributed by atoms with Gasteiger partial charge in [-0.15, -0.1) is 10.2 Å². The molecule has 3 rings (SSSR count). The number of aryl methyl sites for hydroxylation is 1. The Kier molecular flexibility index (Phi) is 2.65. The average molecular weight is 230 g/mol. The van der Waals surface area contributed by atoms with Crippen LogP contribution in [0.25, 0.3) is 11.5 Å². The molecule has 0 saturated carbocycles. The van der Waals surface area contributed by atoms with Crippen molar-refractivity contribution in [2.45, 2.75) is 25.9 Å². The number of aromatic nitrogens is 2. The predicted molar refractivity (Wildman–Crippen MR) is 62.4 cm³/mol. The number of ether oxygens (including phenoxy) is 1. The molecule has 1 aliphatic heterocycles. The van der Waals surface area contributed by atoms with Gasteiger partial charge >= 0.3 is 0 Å². The molecule has 0 radical (unpaired) electrons. The van der Waals surface area contributed by atoms with Crippen molar-refractivity contribution < 1.29 is 9.15 Å². The molecule has 0 N–H and O–H groups in total. The van der Waals surface area contributed by atoms with Crippen molar-refractivity contribution in [3.05, 3.63) is 35.7 Å². The SMILES string of the molecule is Cc1ccccc1-c1nnc([C@H]2CCCO2)o1. The molecule has 2 aromatic rings. The predicted octanol–water partition coefficient (Wildman–Crippen LogP) is 2.90. The minimum atomic E-state index is -0.0136. The molecule has 1 aliphatic rings. The highest BCUT2D eigenvalue weighted by Crippen LogP contribution is 2.30. The Labute approximate surface area is 99.6 Å². The average Bonchev–Trinajstić information content (AvgIpc) is 3.00. The van der Waals surface area contributed by atoms with Crippen molar-refractivity contribution in [1.82, 2.24) is 10.2 Å². The quantitative estimate of drug-likeness (QED) is 0.795. The summed E-state index contributed by atoms with van der Waals surface area (Å²) in [6, 6.07) is 7.99. The van der Waals surface area contributed by atoms with Gasteiger partial charge in [-0.3, -0.25) is 0 Å². The van der Waals surface area contributed by atoms with E-state index in [2.05, 4.69) is 10.2 Å². The monoisotopic (exact) mass is 230 g/mol. The van der Waals surface area contributed by atoms with E-state index < -0.39 is 0 Å². The summed E-state index contributed by atoms with van der Waals surface area (Å²) in [5.41, 5.74) is 2.12. The zero-order valence-electron chi connectivity index (χ0n) is 9.72. The molecular weight excluding hydrogens is 216 g/mol. The summed E-state index contributed by atoms with van der Waals surface area (Å²) in [6.45, 7) is 2.82. The lowest BCUT2D eigenvalue weighted by molar-refractivity contribution is 0.0896. The minimum absolute atomic E-state index is 0.0136. The molecule has 1 aromatic heterocycles. The lowest BCUT2D eigenvalue weighted by Gasteiger charge is -2.02. The second-order valence-electron chi connectivity index (χ2n) is 4.26. The van der Waals surface area contributed by atoms with E-state index in [1.807, 2.05) is 31.2 Å². The van der Waals surface area contributed by atoms with Crippen molar-refractivity contribution in [3.8, 4) is 11.5 Å². The Bertz CT molecular complexity index is 516. The normalized spacial score (nSPS) is 19.7. The molecule has 1 atom stereocenters. The Morgan fingerprint density at radius 1 is 1.24 bits per heavy atom. The van der Waals surface area contributed by atoms with Gasteiger partial charge in [0.25, 0.3) is 0 Å². The van der Waals surface area contributed by atoms with Crippen LogP contribution < -0.4 is 0 Å². The Balaban J connectivity index is 1.92. The van der Waals surface area contributed by atoms with Crippen LogP contribution in [0.15, 0.2) is 28.7 Å². The van der Waals surface area contributed by atoms with E-state index in [4.69, 9.17) is 9.15 Å². The van der Waals surface area contributed by atoms with Gasteiger partial charge in [-0.1, -0.05) is 18.2 Å². The van der Waals surface area contributed by atoms with Gasteiger partial charge < -0.3 is 9.15 Å². The maximum absolute atomic E-state index is 5.69. The van der Waals surface area contributed by atoms with E-state index in [0.29, 0.717) is 11.8 Å². The maximum atomic E-state index is 5.69. The first kappa shape index (κ1) is 10.5. The third-order valence-electron chi connectivity index (χ3n) is 3.02. The summed E-state index contributed by atoms with van der Waals surface area (Å²) in [7, 11) is 0. The van der Waals surface area contributed by atoms with Gasteiger partial charge in [-0.25, -0.2) is 0 Å². The lowest BCUT2D eigenvalue weighted by atomic mass is 10.1. The number of rotatable bonds is 2. The third-order valence-corrected chi connectivity index (χ3v) is 3.02. The molecular formula is C13H14N2O2. The smallest absolute Gasteiger partial charge is 0.248 e. The highest BCUT2D eigenvalue weighted by atomic mass is 16.5. The topological polar surface area (TPSA) is 48.2 Å². The van der Waals surface area contributed by atoms with Gasteiger partial charge in [0.1, 0.15) is 6.10 Å². The van der Waals surface area contributed by atoms with Crippen LogP contribution in [0.1, 0.15) is 30.4 Å². The third kappa shape index (κ3) is 1.96. The van der Waals surface area contributed by atoms with Crippen LogP contribution in [-0.4, -0.2) is 16.8 Å². The van der Waals surface area contributed by atoms with Crippen LogP contribution in [0, 0.1) is 6.92 Å². The molecule has 4 heteroatoms. The molecule has 0 spiro atoms. The lowest BCUT2D eigenvalue weighted by Crippen LogP contribution is -1.95. The van der Waals surface area contributed by atoms with Gasteiger partial charge in [-0.05, 0) is 31.4 Å². The molecule has 88 valence electrons. The fraction of sp³-hybridized carbons (Fsp3) is 0.385. The molecule has 1 saturated heterocycles. The molecule has 1 fully saturated rings. The zero-order valence-corrected chi connectivity index (χ0v) is 9.72. The standard InChI is InChI=1S/C13H14N2O2/c1-9-5-2-3-6-10(9)12-14-15-13(17-12)11-7-4-8-16-11/h2-3,5-6,11H,4,7-8H2,1H3/t11-/m1/s1. The maximum Gasteiger partial charge on any atom is 0.248 e. The van der Waals surface area contributed by atoms with Crippen molar-refractivity contribution in [2.75, 3.05) is 6.61 Å². The summed E-state index contributed by atoms with van der Waals surface area (Å²) < 4.78 is 11.2. The molecule has 4 nitrogen and oxygen atoms in total. The summed E-state index contributed by atoms with van der Waals surface area (Å²) in [4.78, 5) is 0. The molecule has 17 heavy (non-hydrogen) atoms. The van der Waals surface area contributed by atoms with Gasteiger partial charge in [0.05, 0.1) is 0 Å². The summed E-state index contributed by atoms with van der Waals surface area (Å²) >= 11 is 0. The largest absolute Gasteiger partial charge is 0.418 e. The van der Waals surface area contributed by atoms with E-state index in [0.717, 1.165) is 30.6 Å². The van der Waals surface area contributed by atoms with Crippen molar-refractivity contribution in [1.29, 1.82) is 0 Å². The minimum Gasteiger partial charge on any atom is -0.418 e. The zero-order chi connectivity index (χ0) is 11.7. The molecule has 0 bridgehead atoms. The van der Waals surface area contributed by atoms with Gasteiger partial charge in [0.2, 0.25) is 11.8 Å². The number of nitrogens with zero attached hydrogens (tertiary/aromatic N) is 2. The van der Waals surface area contributed by atoms with E-state index in [1.54, 1.807) is 0 Å². The molecule has 0 unspecified atom stereocenters.